The maximum Gasteiger partial charge on any atom is 0.156 e. The first kappa shape index (κ1) is 11.4. The van der Waals surface area contributed by atoms with E-state index in [-0.39, 0.29) is 10.8 Å². The van der Waals surface area contributed by atoms with E-state index in [2.05, 4.69) is 4.90 Å². The lowest BCUT2D eigenvalue weighted by Gasteiger charge is -2.54. The van der Waals surface area contributed by atoms with Crippen LogP contribution in [0.25, 0.3) is 0 Å². The van der Waals surface area contributed by atoms with Crippen LogP contribution >= 0.6 is 0 Å². The summed E-state index contributed by atoms with van der Waals surface area (Å²) in [4.78, 5) is 2.16. The molecule has 0 N–H and O–H groups in total. The molecule has 0 aromatic rings. The molecule has 0 bridgehead atoms. The van der Waals surface area contributed by atoms with Crippen LogP contribution in [0.3, 0.4) is 0 Å². The van der Waals surface area contributed by atoms with Crippen molar-refractivity contribution in [1.29, 1.82) is 0 Å². The maximum atomic E-state index is 11.8. The van der Waals surface area contributed by atoms with Crippen molar-refractivity contribution in [2.75, 3.05) is 19.8 Å². The van der Waals surface area contributed by atoms with Crippen LogP contribution in [0.5, 0.6) is 0 Å². The van der Waals surface area contributed by atoms with Crippen molar-refractivity contribution in [3.05, 3.63) is 0 Å². The zero-order valence-electron chi connectivity index (χ0n) is 9.70. The van der Waals surface area contributed by atoms with Crippen molar-refractivity contribution in [2.24, 2.45) is 0 Å². The Morgan fingerprint density at radius 3 is 2.40 bits per heavy atom. The molecule has 0 radical (unpaired) electrons. The third-order valence-electron chi connectivity index (χ3n) is 4.20. The summed E-state index contributed by atoms with van der Waals surface area (Å²) in [5.74, 6) is 0.387. The van der Waals surface area contributed by atoms with Gasteiger partial charge in [-0.1, -0.05) is 25.7 Å². The van der Waals surface area contributed by atoms with Gasteiger partial charge in [0.1, 0.15) is 0 Å². The Morgan fingerprint density at radius 1 is 1.13 bits per heavy atom. The summed E-state index contributed by atoms with van der Waals surface area (Å²) in [6, 6.07) is 0. The Hall–Kier alpha value is -0.0900. The minimum Gasteiger partial charge on any atom is -0.301 e. The Bertz CT molecular complexity index is 336. The van der Waals surface area contributed by atoms with Crippen molar-refractivity contribution >= 4 is 9.84 Å². The Morgan fingerprint density at radius 2 is 1.80 bits per heavy atom. The fourth-order valence-electron chi connectivity index (χ4n) is 3.21. The van der Waals surface area contributed by atoms with Crippen LogP contribution in [-0.2, 0) is 9.84 Å². The van der Waals surface area contributed by atoms with Crippen molar-refractivity contribution in [1.82, 2.24) is 4.90 Å². The standard InChI is InChI=1S/C11H21NO2S/c1-12(2)11-8-6-4-3-5-7-10(11)15(13,14)9-11/h10H,3-9H2,1-2H3/t10-,11+/m1/s1. The van der Waals surface area contributed by atoms with Gasteiger partial charge in [0.05, 0.1) is 16.5 Å². The molecule has 0 aromatic heterocycles. The third-order valence-corrected chi connectivity index (χ3v) is 6.64. The summed E-state index contributed by atoms with van der Waals surface area (Å²) in [7, 11) is 1.30. The highest BCUT2D eigenvalue weighted by Crippen LogP contribution is 2.44. The van der Waals surface area contributed by atoms with E-state index in [0.717, 1.165) is 19.3 Å². The molecule has 1 saturated carbocycles. The monoisotopic (exact) mass is 231 g/mol. The molecule has 1 aliphatic carbocycles. The summed E-state index contributed by atoms with van der Waals surface area (Å²) in [6.45, 7) is 0. The van der Waals surface area contributed by atoms with E-state index in [1.54, 1.807) is 0 Å². The highest BCUT2D eigenvalue weighted by molar-refractivity contribution is 7.93. The van der Waals surface area contributed by atoms with Crippen LogP contribution in [0.1, 0.15) is 38.5 Å². The molecule has 0 spiro atoms. The second kappa shape index (κ2) is 3.74. The molecule has 0 amide bonds. The highest BCUT2D eigenvalue weighted by atomic mass is 32.2. The first-order chi connectivity index (χ1) is 6.99. The van der Waals surface area contributed by atoms with Crippen molar-refractivity contribution < 1.29 is 8.42 Å². The molecule has 1 heterocycles. The van der Waals surface area contributed by atoms with E-state index in [4.69, 9.17) is 0 Å². The van der Waals surface area contributed by atoms with E-state index in [1.807, 2.05) is 14.1 Å². The highest BCUT2D eigenvalue weighted by Gasteiger charge is 2.58. The smallest absolute Gasteiger partial charge is 0.156 e. The predicted molar refractivity (Wildman–Crippen MR) is 61.7 cm³/mol. The topological polar surface area (TPSA) is 37.4 Å². The lowest BCUT2D eigenvalue weighted by atomic mass is 9.83. The van der Waals surface area contributed by atoms with Crippen LogP contribution in [0.15, 0.2) is 0 Å². The number of rotatable bonds is 1. The Balaban J connectivity index is 2.25. The summed E-state index contributed by atoms with van der Waals surface area (Å²) < 4.78 is 23.6. The summed E-state index contributed by atoms with van der Waals surface area (Å²) >= 11 is 0. The fourth-order valence-corrected chi connectivity index (χ4v) is 6.02. The minimum atomic E-state index is -2.77. The lowest BCUT2D eigenvalue weighted by molar-refractivity contribution is 0.118. The van der Waals surface area contributed by atoms with Gasteiger partial charge in [-0.3, -0.25) is 0 Å². The largest absolute Gasteiger partial charge is 0.301 e. The molecule has 0 aromatic carbocycles. The van der Waals surface area contributed by atoms with Gasteiger partial charge < -0.3 is 4.90 Å². The van der Waals surface area contributed by atoms with Gasteiger partial charge in [-0.25, -0.2) is 8.42 Å². The number of hydrogen-bond acceptors (Lipinski definition) is 3. The van der Waals surface area contributed by atoms with Crippen molar-refractivity contribution in [3.8, 4) is 0 Å². The number of nitrogens with zero attached hydrogens (tertiary/aromatic N) is 1. The summed E-state index contributed by atoms with van der Waals surface area (Å²) in [5.41, 5.74) is -0.0285. The number of fused-ring (bicyclic) bond motifs is 1. The second-order valence-electron chi connectivity index (χ2n) is 5.25. The fraction of sp³-hybridized carbons (Fsp3) is 1.00. The molecule has 1 aliphatic heterocycles. The zero-order valence-corrected chi connectivity index (χ0v) is 10.5. The molecule has 3 nitrogen and oxygen atoms in total. The SMILES string of the molecule is CN(C)[C@]12CCCCCC[C@H]1S(=O)(=O)C2. The molecule has 2 fully saturated rings. The van der Waals surface area contributed by atoms with Gasteiger partial charge in [-0.2, -0.15) is 0 Å². The van der Waals surface area contributed by atoms with Gasteiger partial charge in [0.2, 0.25) is 0 Å². The van der Waals surface area contributed by atoms with Crippen LogP contribution < -0.4 is 0 Å². The summed E-state index contributed by atoms with van der Waals surface area (Å²) in [6.07, 6.45) is 6.67. The van der Waals surface area contributed by atoms with Crippen LogP contribution in [0.4, 0.5) is 0 Å². The minimum absolute atomic E-state index is 0.0285. The van der Waals surface area contributed by atoms with E-state index < -0.39 is 9.84 Å². The molecule has 2 aliphatic rings. The molecule has 15 heavy (non-hydrogen) atoms. The van der Waals surface area contributed by atoms with Crippen LogP contribution in [0.2, 0.25) is 0 Å². The average molecular weight is 231 g/mol. The first-order valence-electron chi connectivity index (χ1n) is 5.88. The molecule has 1 saturated heterocycles. The Labute approximate surface area is 92.8 Å². The van der Waals surface area contributed by atoms with Gasteiger partial charge >= 0.3 is 0 Å². The quantitative estimate of drug-likeness (QED) is 0.685. The Kier molecular flexibility index (Phi) is 2.84. The zero-order chi connectivity index (χ0) is 11.1. The lowest BCUT2D eigenvalue weighted by Crippen LogP contribution is -2.70. The predicted octanol–water partition coefficient (Wildman–Crippen LogP) is 1.44. The molecule has 2 atom stereocenters. The molecular weight excluding hydrogens is 210 g/mol. The number of hydrogen-bond donors (Lipinski definition) is 0. The van der Waals surface area contributed by atoms with Gasteiger partial charge in [0.15, 0.2) is 9.84 Å². The van der Waals surface area contributed by atoms with E-state index in [9.17, 15) is 8.42 Å². The molecule has 0 unspecified atom stereocenters. The number of sulfone groups is 1. The van der Waals surface area contributed by atoms with E-state index in [0.29, 0.717) is 5.75 Å². The average Bonchev–Trinajstić information content (AvgIpc) is 2.09. The van der Waals surface area contributed by atoms with E-state index in [1.165, 1.54) is 19.3 Å². The van der Waals surface area contributed by atoms with Gasteiger partial charge in [-0.15, -0.1) is 0 Å². The van der Waals surface area contributed by atoms with Crippen molar-refractivity contribution in [3.63, 3.8) is 0 Å². The maximum absolute atomic E-state index is 11.8. The van der Waals surface area contributed by atoms with Crippen LogP contribution in [0, 0.1) is 0 Å². The normalized spacial score (nSPS) is 40.1. The van der Waals surface area contributed by atoms with Crippen LogP contribution in [-0.4, -0.2) is 44.0 Å². The van der Waals surface area contributed by atoms with Gasteiger partial charge in [0, 0.05) is 0 Å². The van der Waals surface area contributed by atoms with E-state index >= 15 is 0 Å². The first-order valence-corrected chi connectivity index (χ1v) is 7.60. The van der Waals surface area contributed by atoms with Gasteiger partial charge in [-0.05, 0) is 26.9 Å². The van der Waals surface area contributed by atoms with Crippen molar-refractivity contribution in [2.45, 2.75) is 49.3 Å². The second-order valence-corrected chi connectivity index (χ2v) is 7.43. The third kappa shape index (κ3) is 1.72. The summed E-state index contributed by atoms with van der Waals surface area (Å²) in [5, 5.41) is -0.0831. The molecule has 2 rings (SSSR count). The molecule has 88 valence electrons. The molecule has 4 heteroatoms. The molecular formula is C11H21NO2S. The van der Waals surface area contributed by atoms with Gasteiger partial charge in [0.25, 0.3) is 0 Å².